The summed E-state index contributed by atoms with van der Waals surface area (Å²) in [6.07, 6.45) is 0. The van der Waals surface area contributed by atoms with E-state index >= 15 is 0 Å². The van der Waals surface area contributed by atoms with Gasteiger partial charge in [0.05, 0.1) is 15.9 Å². The van der Waals surface area contributed by atoms with E-state index in [2.05, 4.69) is 4.72 Å². The van der Waals surface area contributed by atoms with Crippen LogP contribution in [0.3, 0.4) is 0 Å². The van der Waals surface area contributed by atoms with Crippen LogP contribution in [0.25, 0.3) is 0 Å². The first-order valence-corrected chi connectivity index (χ1v) is 11.3. The molecule has 0 aliphatic heterocycles. The Morgan fingerprint density at radius 3 is 2.41 bits per heavy atom. The summed E-state index contributed by atoms with van der Waals surface area (Å²) < 4.78 is 41.4. The van der Waals surface area contributed by atoms with Gasteiger partial charge in [-0.2, -0.15) is 0 Å². The van der Waals surface area contributed by atoms with Gasteiger partial charge in [-0.25, -0.2) is 12.8 Å². The number of anilines is 1. The van der Waals surface area contributed by atoms with Gasteiger partial charge in [-0.3, -0.25) is 9.52 Å². The lowest BCUT2D eigenvalue weighted by Crippen LogP contribution is -2.26. The minimum absolute atomic E-state index is 0.0381. The Labute approximate surface area is 181 Å². The summed E-state index contributed by atoms with van der Waals surface area (Å²) >= 11 is 13.3. The van der Waals surface area contributed by atoms with E-state index in [1.165, 1.54) is 46.6 Å². The van der Waals surface area contributed by atoms with E-state index in [1.54, 1.807) is 13.1 Å². The Morgan fingerprint density at radius 2 is 1.79 bits per heavy atom. The number of sulfonamides is 1. The molecule has 5 nitrogen and oxygen atoms in total. The molecule has 29 heavy (non-hydrogen) atoms. The third-order valence-corrected chi connectivity index (χ3v) is 7.01. The van der Waals surface area contributed by atoms with Crippen molar-refractivity contribution in [3.8, 4) is 0 Å². The van der Waals surface area contributed by atoms with E-state index < -0.39 is 15.8 Å². The Morgan fingerprint density at radius 1 is 1.10 bits per heavy atom. The third-order valence-electron chi connectivity index (χ3n) is 3.93. The Balaban J connectivity index is 1.84. The van der Waals surface area contributed by atoms with Gasteiger partial charge in [0.2, 0.25) is 0 Å². The van der Waals surface area contributed by atoms with Crippen molar-refractivity contribution >= 4 is 56.2 Å². The molecule has 1 amide bonds. The zero-order valence-corrected chi connectivity index (χ0v) is 18.2. The number of thiophene rings is 1. The number of hydrogen-bond acceptors (Lipinski definition) is 4. The standard InChI is InChI=1S/C19H15Cl2FN2O3S2/c1-24(11-15-7-9-18(21)28-15)19(25)12-2-8-16(20)17(10-12)29(26,27)23-14-5-3-13(22)4-6-14/h2-10,23H,11H2,1H3. The molecule has 1 N–H and O–H groups in total. The number of nitrogens with one attached hydrogen (secondary N) is 1. The van der Waals surface area contributed by atoms with Crippen molar-refractivity contribution in [2.45, 2.75) is 11.4 Å². The molecular formula is C19H15Cl2FN2O3S2. The van der Waals surface area contributed by atoms with Gasteiger partial charge < -0.3 is 4.90 Å². The predicted octanol–water partition coefficient (Wildman–Crippen LogP) is 5.27. The predicted molar refractivity (Wildman–Crippen MR) is 114 cm³/mol. The zero-order valence-electron chi connectivity index (χ0n) is 15.0. The molecule has 0 radical (unpaired) electrons. The van der Waals surface area contributed by atoms with Gasteiger partial charge in [-0.1, -0.05) is 23.2 Å². The molecule has 3 rings (SSSR count). The first-order valence-electron chi connectivity index (χ1n) is 8.23. The van der Waals surface area contributed by atoms with Gasteiger partial charge in [0.25, 0.3) is 15.9 Å². The van der Waals surface area contributed by atoms with Crippen molar-refractivity contribution in [2.75, 3.05) is 11.8 Å². The molecule has 0 unspecified atom stereocenters. The molecule has 0 saturated heterocycles. The molecule has 2 aromatic carbocycles. The second-order valence-corrected chi connectivity index (χ2v) is 9.98. The minimum atomic E-state index is -4.08. The van der Waals surface area contributed by atoms with Gasteiger partial charge in [-0.05, 0) is 54.6 Å². The quantitative estimate of drug-likeness (QED) is 0.531. The lowest BCUT2D eigenvalue weighted by atomic mass is 10.2. The number of amides is 1. The summed E-state index contributed by atoms with van der Waals surface area (Å²) in [5.41, 5.74) is 0.338. The van der Waals surface area contributed by atoms with Crippen molar-refractivity contribution in [2.24, 2.45) is 0 Å². The average Bonchev–Trinajstić information content (AvgIpc) is 3.07. The number of carbonyl (C=O) groups is 1. The highest BCUT2D eigenvalue weighted by molar-refractivity contribution is 7.92. The number of rotatable bonds is 6. The molecule has 3 aromatic rings. The van der Waals surface area contributed by atoms with Crippen molar-refractivity contribution in [3.63, 3.8) is 0 Å². The molecule has 0 spiro atoms. The number of nitrogens with zero attached hydrogens (tertiary/aromatic N) is 1. The van der Waals surface area contributed by atoms with Gasteiger partial charge in [0, 0.05) is 23.2 Å². The average molecular weight is 473 g/mol. The molecule has 0 aliphatic rings. The highest BCUT2D eigenvalue weighted by atomic mass is 35.5. The highest BCUT2D eigenvalue weighted by Crippen LogP contribution is 2.27. The Bertz CT molecular complexity index is 1150. The van der Waals surface area contributed by atoms with Crippen LogP contribution in [0.2, 0.25) is 9.36 Å². The summed E-state index contributed by atoms with van der Waals surface area (Å²) in [6, 6.07) is 12.4. The van der Waals surface area contributed by atoms with Gasteiger partial charge in [0.1, 0.15) is 10.7 Å². The van der Waals surface area contributed by atoms with Gasteiger partial charge in [0.15, 0.2) is 0 Å². The number of benzene rings is 2. The molecule has 1 heterocycles. The summed E-state index contributed by atoms with van der Waals surface area (Å²) in [5.74, 6) is -0.863. The van der Waals surface area contributed by atoms with E-state index in [0.29, 0.717) is 10.9 Å². The topological polar surface area (TPSA) is 66.5 Å². The largest absolute Gasteiger partial charge is 0.337 e. The molecule has 0 fully saturated rings. The van der Waals surface area contributed by atoms with E-state index in [1.807, 2.05) is 6.07 Å². The van der Waals surface area contributed by atoms with Crippen LogP contribution in [0.1, 0.15) is 15.2 Å². The van der Waals surface area contributed by atoms with Crippen molar-refractivity contribution < 1.29 is 17.6 Å². The summed E-state index contributed by atoms with van der Waals surface area (Å²) in [4.78, 5) is 14.8. The van der Waals surface area contributed by atoms with E-state index in [0.717, 1.165) is 17.0 Å². The Kier molecular flexibility index (Phi) is 6.48. The second kappa shape index (κ2) is 8.71. The van der Waals surface area contributed by atoms with Crippen LogP contribution in [-0.4, -0.2) is 26.3 Å². The molecule has 10 heteroatoms. The van der Waals surface area contributed by atoms with Gasteiger partial charge >= 0.3 is 0 Å². The lowest BCUT2D eigenvalue weighted by Gasteiger charge is -2.17. The van der Waals surface area contributed by atoms with E-state index in [9.17, 15) is 17.6 Å². The smallest absolute Gasteiger partial charge is 0.263 e. The van der Waals surface area contributed by atoms with Crippen LogP contribution in [0.15, 0.2) is 59.5 Å². The van der Waals surface area contributed by atoms with Crippen LogP contribution in [-0.2, 0) is 16.6 Å². The minimum Gasteiger partial charge on any atom is -0.337 e. The van der Waals surface area contributed by atoms with Crippen LogP contribution in [0.5, 0.6) is 0 Å². The third kappa shape index (κ3) is 5.27. The van der Waals surface area contributed by atoms with Crippen molar-refractivity contribution in [3.05, 3.63) is 80.2 Å². The summed E-state index contributed by atoms with van der Waals surface area (Å²) in [6.45, 7) is 0.328. The first-order chi connectivity index (χ1) is 13.7. The molecule has 0 aliphatic carbocycles. The SMILES string of the molecule is CN(Cc1ccc(Cl)s1)C(=O)c1ccc(Cl)c(S(=O)(=O)Nc2ccc(F)cc2)c1. The molecule has 0 bridgehead atoms. The number of carbonyl (C=O) groups excluding carboxylic acids is 1. The van der Waals surface area contributed by atoms with Crippen LogP contribution >= 0.6 is 34.5 Å². The first kappa shape index (κ1) is 21.6. The number of hydrogen-bond donors (Lipinski definition) is 1. The monoisotopic (exact) mass is 472 g/mol. The fourth-order valence-electron chi connectivity index (χ4n) is 2.53. The van der Waals surface area contributed by atoms with Crippen molar-refractivity contribution in [1.82, 2.24) is 4.90 Å². The maximum Gasteiger partial charge on any atom is 0.263 e. The summed E-state index contributed by atoms with van der Waals surface area (Å²) in [5, 5.41) is -0.0381. The molecule has 1 aromatic heterocycles. The van der Waals surface area contributed by atoms with Crippen LogP contribution in [0.4, 0.5) is 10.1 Å². The van der Waals surface area contributed by atoms with E-state index in [-0.39, 0.29) is 27.1 Å². The van der Waals surface area contributed by atoms with Gasteiger partial charge in [-0.15, -0.1) is 11.3 Å². The zero-order chi connectivity index (χ0) is 21.2. The second-order valence-electron chi connectivity index (χ2n) is 6.12. The fraction of sp³-hybridized carbons (Fsp3) is 0.105. The molecule has 0 saturated carbocycles. The maximum absolute atomic E-state index is 13.0. The fourth-order valence-corrected chi connectivity index (χ4v) is 5.26. The maximum atomic E-state index is 13.0. The number of halogens is 3. The summed E-state index contributed by atoms with van der Waals surface area (Å²) in [7, 11) is -2.48. The molecule has 0 atom stereocenters. The van der Waals surface area contributed by atoms with Crippen molar-refractivity contribution in [1.29, 1.82) is 0 Å². The molecular weight excluding hydrogens is 458 g/mol. The van der Waals surface area contributed by atoms with Crippen LogP contribution in [0, 0.1) is 5.82 Å². The molecule has 152 valence electrons. The highest BCUT2D eigenvalue weighted by Gasteiger charge is 2.22. The van der Waals surface area contributed by atoms with E-state index in [4.69, 9.17) is 23.2 Å². The normalized spacial score (nSPS) is 11.3. The van der Waals surface area contributed by atoms with Crippen LogP contribution < -0.4 is 4.72 Å². The Hall–Kier alpha value is -2.13. The lowest BCUT2D eigenvalue weighted by molar-refractivity contribution is 0.0786.